The summed E-state index contributed by atoms with van der Waals surface area (Å²) in [5, 5.41) is 3.67. The van der Waals surface area contributed by atoms with E-state index in [2.05, 4.69) is 28.7 Å². The highest BCUT2D eigenvalue weighted by molar-refractivity contribution is 5.98. The third-order valence-electron chi connectivity index (χ3n) is 6.57. The molecule has 1 aliphatic heterocycles. The summed E-state index contributed by atoms with van der Waals surface area (Å²) >= 11 is 0. The molecule has 1 spiro atoms. The number of fused-ring (bicyclic) bond motifs is 4. The molecule has 0 saturated heterocycles. The minimum absolute atomic E-state index is 0.153. The van der Waals surface area contributed by atoms with Gasteiger partial charge in [-0.05, 0) is 56.0 Å². The summed E-state index contributed by atoms with van der Waals surface area (Å²) < 4.78 is 29.9. The molecule has 3 heterocycles. The minimum atomic E-state index is -0.665. The van der Waals surface area contributed by atoms with Crippen LogP contribution in [0.15, 0.2) is 42.7 Å². The van der Waals surface area contributed by atoms with Crippen molar-refractivity contribution in [1.82, 2.24) is 14.5 Å². The second-order valence-corrected chi connectivity index (χ2v) is 8.84. The Bertz CT molecular complexity index is 1160. The highest BCUT2D eigenvalue weighted by Gasteiger charge is 2.45. The molecule has 7 heteroatoms. The molecule has 31 heavy (non-hydrogen) atoms. The Morgan fingerprint density at radius 2 is 1.97 bits per heavy atom. The van der Waals surface area contributed by atoms with E-state index in [1.807, 2.05) is 18.3 Å². The van der Waals surface area contributed by atoms with Crippen LogP contribution in [0.1, 0.15) is 67.3 Å². The number of nitrogens with one attached hydrogen (secondary N) is 1. The van der Waals surface area contributed by atoms with Gasteiger partial charge < -0.3 is 5.32 Å². The number of hydrogen-bond acceptors (Lipinski definition) is 4. The first-order valence-corrected chi connectivity index (χ1v) is 10.7. The number of anilines is 1. The van der Waals surface area contributed by atoms with Crippen molar-refractivity contribution in [2.24, 2.45) is 5.92 Å². The maximum absolute atomic E-state index is 14.1. The number of rotatable bonds is 3. The van der Waals surface area contributed by atoms with Crippen molar-refractivity contribution >= 4 is 11.5 Å². The Kier molecular flexibility index (Phi) is 4.64. The molecule has 1 aliphatic carbocycles. The van der Waals surface area contributed by atoms with Crippen LogP contribution in [-0.4, -0.2) is 20.3 Å². The topological polar surface area (TPSA) is 59.8 Å². The maximum Gasteiger partial charge on any atom is 0.168 e. The number of carbonyl (C=O) groups is 1. The van der Waals surface area contributed by atoms with E-state index in [0.717, 1.165) is 41.2 Å². The molecular weight excluding hydrogens is 398 g/mol. The van der Waals surface area contributed by atoms with Gasteiger partial charge in [0.05, 0.1) is 28.7 Å². The van der Waals surface area contributed by atoms with E-state index in [0.29, 0.717) is 25.7 Å². The van der Waals surface area contributed by atoms with Crippen LogP contribution in [0.5, 0.6) is 0 Å². The molecule has 0 amide bonds. The number of Topliss-reactive ketones (excluding diaryl/α,β-unsaturated/α-hetero) is 1. The number of imidazole rings is 1. The Morgan fingerprint density at radius 1 is 1.19 bits per heavy atom. The van der Waals surface area contributed by atoms with Crippen molar-refractivity contribution in [2.75, 3.05) is 5.32 Å². The fourth-order valence-electron chi connectivity index (χ4n) is 4.99. The van der Waals surface area contributed by atoms with E-state index in [-0.39, 0.29) is 28.7 Å². The lowest BCUT2D eigenvalue weighted by Gasteiger charge is -2.44. The lowest BCUT2D eigenvalue weighted by Crippen LogP contribution is -2.45. The summed E-state index contributed by atoms with van der Waals surface area (Å²) in [7, 11) is 0. The number of ketones is 1. The fraction of sp³-hybridized carbons (Fsp3) is 0.375. The monoisotopic (exact) mass is 422 g/mol. The summed E-state index contributed by atoms with van der Waals surface area (Å²) in [6, 6.07) is 6.97. The zero-order valence-electron chi connectivity index (χ0n) is 17.5. The van der Waals surface area contributed by atoms with Crippen molar-refractivity contribution in [1.29, 1.82) is 0 Å². The zero-order valence-corrected chi connectivity index (χ0v) is 17.5. The standard InChI is InChI=1S/C24H24F2N4O/c1-14(2)22-28-13-20-24(29-19-4-3-11-27-23(19)30(20)22)9-7-15(8-10-24)21(31)17-12-16(25)5-6-18(17)26/h3-6,11-15,29H,7-10H2,1-2H3. The molecule has 0 atom stereocenters. The first-order valence-electron chi connectivity index (χ1n) is 10.7. The van der Waals surface area contributed by atoms with Gasteiger partial charge in [-0.1, -0.05) is 13.8 Å². The minimum Gasteiger partial charge on any atom is -0.371 e. The molecule has 2 aliphatic rings. The molecule has 1 saturated carbocycles. The third kappa shape index (κ3) is 3.14. The Labute approximate surface area is 179 Å². The van der Waals surface area contributed by atoms with Gasteiger partial charge in [0.15, 0.2) is 11.6 Å². The van der Waals surface area contributed by atoms with Crippen LogP contribution < -0.4 is 5.32 Å². The Morgan fingerprint density at radius 3 is 2.71 bits per heavy atom. The molecule has 3 aromatic rings. The van der Waals surface area contributed by atoms with Crippen molar-refractivity contribution in [3.05, 3.63) is 71.4 Å². The van der Waals surface area contributed by atoms with Crippen molar-refractivity contribution < 1.29 is 13.6 Å². The normalized spacial score (nSPS) is 22.2. The predicted molar refractivity (Wildman–Crippen MR) is 113 cm³/mol. The van der Waals surface area contributed by atoms with Crippen LogP contribution >= 0.6 is 0 Å². The molecule has 0 unspecified atom stereocenters. The van der Waals surface area contributed by atoms with E-state index in [1.54, 1.807) is 6.20 Å². The average Bonchev–Trinajstić information content (AvgIpc) is 3.23. The summed E-state index contributed by atoms with van der Waals surface area (Å²) in [4.78, 5) is 22.2. The summed E-state index contributed by atoms with van der Waals surface area (Å²) in [5.41, 5.74) is 1.47. The van der Waals surface area contributed by atoms with Crippen LogP contribution in [0.3, 0.4) is 0 Å². The summed E-state index contributed by atoms with van der Waals surface area (Å²) in [5.74, 6) is 0.108. The maximum atomic E-state index is 14.1. The molecule has 5 rings (SSSR count). The number of hydrogen-bond donors (Lipinski definition) is 1. The van der Waals surface area contributed by atoms with Crippen LogP contribution in [0.2, 0.25) is 0 Å². The zero-order chi connectivity index (χ0) is 21.8. The van der Waals surface area contributed by atoms with Gasteiger partial charge in [0, 0.05) is 18.0 Å². The molecule has 1 N–H and O–H groups in total. The van der Waals surface area contributed by atoms with Gasteiger partial charge in [-0.2, -0.15) is 0 Å². The first-order chi connectivity index (χ1) is 14.9. The quantitative estimate of drug-likeness (QED) is 0.577. The molecule has 5 nitrogen and oxygen atoms in total. The Hall–Kier alpha value is -3.09. The van der Waals surface area contributed by atoms with Crippen LogP contribution in [0.4, 0.5) is 14.5 Å². The Balaban J connectivity index is 1.47. The van der Waals surface area contributed by atoms with E-state index in [9.17, 15) is 13.6 Å². The van der Waals surface area contributed by atoms with E-state index in [4.69, 9.17) is 4.98 Å². The van der Waals surface area contributed by atoms with Gasteiger partial charge in [0.2, 0.25) is 0 Å². The van der Waals surface area contributed by atoms with E-state index < -0.39 is 11.6 Å². The number of carbonyl (C=O) groups excluding carboxylic acids is 1. The van der Waals surface area contributed by atoms with Crippen molar-refractivity contribution in [3.63, 3.8) is 0 Å². The van der Waals surface area contributed by atoms with E-state index >= 15 is 0 Å². The predicted octanol–water partition coefficient (Wildman–Crippen LogP) is 5.36. The lowest BCUT2D eigenvalue weighted by molar-refractivity contribution is 0.0859. The van der Waals surface area contributed by atoms with Crippen LogP contribution in [0.25, 0.3) is 5.82 Å². The molecule has 160 valence electrons. The molecule has 0 radical (unpaired) electrons. The molecule has 1 aromatic carbocycles. The smallest absolute Gasteiger partial charge is 0.168 e. The van der Waals surface area contributed by atoms with Crippen molar-refractivity contribution in [2.45, 2.75) is 51.0 Å². The number of pyridine rings is 1. The van der Waals surface area contributed by atoms with Gasteiger partial charge in [-0.3, -0.25) is 9.36 Å². The highest BCUT2D eigenvalue weighted by Crippen LogP contribution is 2.47. The van der Waals surface area contributed by atoms with Gasteiger partial charge in [0.1, 0.15) is 17.5 Å². The molecule has 2 aromatic heterocycles. The summed E-state index contributed by atoms with van der Waals surface area (Å²) in [6.07, 6.45) is 6.23. The molecular formula is C24H24F2N4O. The first kappa shape index (κ1) is 19.8. The number of nitrogens with zero attached hydrogens (tertiary/aromatic N) is 3. The van der Waals surface area contributed by atoms with Crippen molar-refractivity contribution in [3.8, 4) is 5.82 Å². The number of benzene rings is 1. The largest absolute Gasteiger partial charge is 0.371 e. The number of aromatic nitrogens is 3. The SMILES string of the molecule is CC(C)c1ncc2n1-c1ncccc1NC21CCC(C(=O)c2cc(F)ccc2F)CC1. The molecule has 0 bridgehead atoms. The van der Waals surface area contributed by atoms with Gasteiger partial charge in [-0.25, -0.2) is 18.7 Å². The highest BCUT2D eigenvalue weighted by atomic mass is 19.1. The summed E-state index contributed by atoms with van der Waals surface area (Å²) in [6.45, 7) is 4.21. The van der Waals surface area contributed by atoms with Gasteiger partial charge >= 0.3 is 0 Å². The van der Waals surface area contributed by atoms with Crippen LogP contribution in [0, 0.1) is 17.6 Å². The molecule has 1 fully saturated rings. The average molecular weight is 422 g/mol. The van der Waals surface area contributed by atoms with Crippen LogP contribution in [-0.2, 0) is 5.54 Å². The van der Waals surface area contributed by atoms with Gasteiger partial charge in [-0.15, -0.1) is 0 Å². The lowest BCUT2D eigenvalue weighted by atomic mass is 9.72. The fourth-order valence-corrected chi connectivity index (χ4v) is 4.99. The number of halogens is 2. The third-order valence-corrected chi connectivity index (χ3v) is 6.57. The second-order valence-electron chi connectivity index (χ2n) is 8.84. The second kappa shape index (κ2) is 7.25. The van der Waals surface area contributed by atoms with Gasteiger partial charge in [0.25, 0.3) is 0 Å². The van der Waals surface area contributed by atoms with E-state index in [1.165, 1.54) is 0 Å².